The van der Waals surface area contributed by atoms with E-state index >= 15 is 0 Å². The van der Waals surface area contributed by atoms with Gasteiger partial charge in [-0.1, -0.05) is 347 Å². The molecule has 1 aliphatic rings. The SMILES string of the molecule is CC1(C)c2ccccc2-c2cc3c4ccccc4n(-c4ccc(-c5cc6c7ccccc7n(-c7ccccc7)c6c6c5c5ccccc5n6-c5ccccc5)cc4)c3cc21.c1ccc(N(c2ccc(-c3c(-c4ccc(N(c5ccccc5)c5cccc6ccccc56)cc4)c4c5ccccc5n(-c5ccccc5)c4c4c3c3ccccc3n4-c3ccccc3)cc2)c2cccc3ccccc23)cc1. The molecule has 0 amide bonds. The van der Waals surface area contributed by atoms with Crippen LogP contribution in [0.1, 0.15) is 25.0 Å². The molecular weight excluding hydrogens is 1670 g/mol. The number of fused-ring (bicyclic) bond motifs is 22. The fourth-order valence-electron chi connectivity index (χ4n) is 23.1. The standard InChI is InChI=1S/C74H50N4.C57H39N3/c1-5-27-55(28-6-1)75(65-41-21-25-51-23-13-15-35-61(51)65)59-47-43-53(44-48-59)69-70(54-45-49-60(50-46-54)76(56-29-7-2-8-30-56)66-42-22-26-52-24-14-16-36-62(52)66)72-64-38-18-20-40-68(64)78(58-33-11-4-12-34-58)74(72)73-71(69)63-37-17-19-39-67(63)77(73)57-31-9-3-10-32-57;1-57(2)48-25-13-9-21-40(48)45-34-46-41-22-10-14-26-50(41)58(53(46)35-49(45)57)39-31-29-36(30-32-39)44-33-47-42-23-11-15-27-51(42)59(37-17-5-3-6-18-37)55(47)56-54(44)43-24-12-16-28-52(43)60(56)38-19-7-4-8-20-38/h1-50H;3-35H,1-2H3. The van der Waals surface area contributed by atoms with Crippen molar-refractivity contribution in [3.8, 4) is 72.9 Å². The second-order valence-electron chi connectivity index (χ2n) is 36.9. The molecule has 27 aromatic rings. The van der Waals surface area contributed by atoms with Gasteiger partial charge in [0.1, 0.15) is 0 Å². The fourth-order valence-corrected chi connectivity index (χ4v) is 23.1. The van der Waals surface area contributed by atoms with Crippen molar-refractivity contribution in [2.45, 2.75) is 19.3 Å². The molecule has 22 aromatic carbocycles. The first-order valence-electron chi connectivity index (χ1n) is 47.7. The highest BCUT2D eigenvalue weighted by Crippen LogP contribution is 2.57. The number of anilines is 6. The minimum atomic E-state index is -0.0855. The van der Waals surface area contributed by atoms with Crippen molar-refractivity contribution < 1.29 is 0 Å². The average molecular weight is 1760 g/mol. The van der Waals surface area contributed by atoms with Gasteiger partial charge in [0.2, 0.25) is 0 Å². The number of para-hydroxylation sites is 11. The summed E-state index contributed by atoms with van der Waals surface area (Å²) in [7, 11) is 0. The van der Waals surface area contributed by atoms with Gasteiger partial charge in [0.05, 0.1) is 66.5 Å². The normalized spacial score (nSPS) is 12.3. The van der Waals surface area contributed by atoms with Crippen molar-refractivity contribution in [1.29, 1.82) is 0 Å². The van der Waals surface area contributed by atoms with Gasteiger partial charge in [0, 0.05) is 132 Å². The fraction of sp³-hybridized carbons (Fsp3) is 0.0229. The van der Waals surface area contributed by atoms with E-state index in [1.807, 2.05) is 0 Å². The number of hydrogen-bond acceptors (Lipinski definition) is 2. The molecule has 7 heteroatoms. The van der Waals surface area contributed by atoms with E-state index in [4.69, 9.17) is 0 Å². The highest BCUT2D eigenvalue weighted by Gasteiger charge is 2.37. The summed E-state index contributed by atoms with van der Waals surface area (Å²) in [6.07, 6.45) is 0. The van der Waals surface area contributed by atoms with Gasteiger partial charge in [-0.25, -0.2) is 0 Å². The molecule has 0 N–H and O–H groups in total. The minimum Gasteiger partial charge on any atom is -0.310 e. The van der Waals surface area contributed by atoms with Crippen LogP contribution in [0.4, 0.5) is 34.1 Å². The smallest absolute Gasteiger partial charge is 0.0795 e. The Morgan fingerprint density at radius 3 is 0.942 bits per heavy atom. The van der Waals surface area contributed by atoms with Crippen LogP contribution < -0.4 is 9.80 Å². The maximum absolute atomic E-state index is 2.51. The average Bonchev–Trinajstić information content (AvgIpc) is 1.52. The molecule has 7 nitrogen and oxygen atoms in total. The molecule has 0 atom stereocenters. The summed E-state index contributed by atoms with van der Waals surface area (Å²) in [6, 6.07) is 185. The summed E-state index contributed by atoms with van der Waals surface area (Å²) in [5.74, 6) is 0. The molecule has 0 saturated carbocycles. The number of benzene rings is 22. The van der Waals surface area contributed by atoms with Crippen molar-refractivity contribution in [3.63, 3.8) is 0 Å². The zero-order chi connectivity index (χ0) is 91.2. The van der Waals surface area contributed by atoms with Gasteiger partial charge in [-0.3, -0.25) is 0 Å². The topological polar surface area (TPSA) is 31.1 Å². The Morgan fingerprint density at radius 1 is 0.181 bits per heavy atom. The van der Waals surface area contributed by atoms with Crippen LogP contribution in [0.25, 0.3) is 204 Å². The quantitative estimate of drug-likeness (QED) is 0.109. The van der Waals surface area contributed by atoms with Gasteiger partial charge in [-0.15, -0.1) is 0 Å². The van der Waals surface area contributed by atoms with Crippen LogP contribution in [-0.4, -0.2) is 22.8 Å². The molecule has 0 fully saturated rings. The molecule has 648 valence electrons. The first kappa shape index (κ1) is 79.7. The lowest BCUT2D eigenvalue weighted by Gasteiger charge is -2.27. The molecule has 0 bridgehead atoms. The Morgan fingerprint density at radius 2 is 0.493 bits per heavy atom. The third-order valence-corrected chi connectivity index (χ3v) is 29.0. The summed E-state index contributed by atoms with van der Waals surface area (Å²) >= 11 is 0. The van der Waals surface area contributed by atoms with Gasteiger partial charge in [-0.05, 0) is 225 Å². The van der Waals surface area contributed by atoms with E-state index in [1.54, 1.807) is 0 Å². The number of aromatic nitrogens is 5. The molecule has 0 saturated heterocycles. The highest BCUT2D eigenvalue weighted by molar-refractivity contribution is 6.34. The Kier molecular flexibility index (Phi) is 18.6. The Bertz CT molecular complexity index is 9190. The number of nitrogens with zero attached hydrogens (tertiary/aromatic N) is 7. The summed E-state index contributed by atoms with van der Waals surface area (Å²) in [6.45, 7) is 4.74. The first-order chi connectivity index (χ1) is 68.3. The van der Waals surface area contributed by atoms with Crippen molar-refractivity contribution in [2.75, 3.05) is 9.80 Å². The van der Waals surface area contributed by atoms with Gasteiger partial charge >= 0.3 is 0 Å². The predicted molar refractivity (Wildman–Crippen MR) is 583 cm³/mol. The van der Waals surface area contributed by atoms with Crippen LogP contribution in [0, 0.1) is 0 Å². The van der Waals surface area contributed by atoms with E-state index in [0.717, 1.165) is 95.8 Å². The third-order valence-electron chi connectivity index (χ3n) is 29.0. The molecule has 0 radical (unpaired) electrons. The van der Waals surface area contributed by atoms with E-state index in [0.29, 0.717) is 0 Å². The third kappa shape index (κ3) is 12.5. The molecule has 0 spiro atoms. The van der Waals surface area contributed by atoms with Crippen molar-refractivity contribution >= 4 is 165 Å². The van der Waals surface area contributed by atoms with E-state index in [-0.39, 0.29) is 5.41 Å². The van der Waals surface area contributed by atoms with E-state index in [1.165, 1.54) is 153 Å². The Hall–Kier alpha value is -18.0. The monoisotopic (exact) mass is 1760 g/mol. The van der Waals surface area contributed by atoms with Crippen molar-refractivity contribution in [3.05, 3.63) is 515 Å². The molecule has 5 heterocycles. The van der Waals surface area contributed by atoms with Crippen LogP contribution in [0.5, 0.6) is 0 Å². The number of rotatable bonds is 14. The summed E-state index contributed by atoms with van der Waals surface area (Å²) in [5, 5.41) is 17.1. The van der Waals surface area contributed by atoms with Crippen LogP contribution >= 0.6 is 0 Å². The largest absolute Gasteiger partial charge is 0.310 e. The van der Waals surface area contributed by atoms with Crippen LogP contribution in [0.15, 0.2) is 504 Å². The lowest BCUT2D eigenvalue weighted by molar-refractivity contribution is 0.661. The summed E-state index contributed by atoms with van der Waals surface area (Å²) in [4.78, 5) is 4.79. The van der Waals surface area contributed by atoms with Crippen LogP contribution in [0.2, 0.25) is 0 Å². The maximum Gasteiger partial charge on any atom is 0.0795 e. The van der Waals surface area contributed by atoms with Gasteiger partial charge < -0.3 is 32.6 Å². The van der Waals surface area contributed by atoms with Gasteiger partial charge in [0.25, 0.3) is 0 Å². The molecular formula is C131H89N7. The van der Waals surface area contributed by atoms with Crippen molar-refractivity contribution in [1.82, 2.24) is 22.8 Å². The van der Waals surface area contributed by atoms with E-state index in [2.05, 4.69) is 550 Å². The Labute approximate surface area is 798 Å². The molecule has 1 aliphatic carbocycles. The van der Waals surface area contributed by atoms with E-state index in [9.17, 15) is 0 Å². The lowest BCUT2D eigenvalue weighted by atomic mass is 9.82. The zero-order valence-electron chi connectivity index (χ0n) is 76.1. The molecule has 0 aliphatic heterocycles. The van der Waals surface area contributed by atoms with Crippen LogP contribution in [-0.2, 0) is 5.41 Å². The highest BCUT2D eigenvalue weighted by atomic mass is 15.2. The Balaban J connectivity index is 0.000000144. The molecule has 0 unspecified atom stereocenters. The maximum atomic E-state index is 2.51. The first-order valence-corrected chi connectivity index (χ1v) is 47.7. The number of hydrogen-bond donors (Lipinski definition) is 0. The summed E-state index contributed by atoms with van der Waals surface area (Å²) in [5.41, 5.74) is 36.6. The van der Waals surface area contributed by atoms with Crippen LogP contribution in [0.3, 0.4) is 0 Å². The van der Waals surface area contributed by atoms with Gasteiger partial charge in [0.15, 0.2) is 0 Å². The molecule has 28 rings (SSSR count). The van der Waals surface area contributed by atoms with Crippen molar-refractivity contribution in [2.24, 2.45) is 0 Å². The lowest BCUT2D eigenvalue weighted by Crippen LogP contribution is -2.14. The zero-order valence-corrected chi connectivity index (χ0v) is 76.1. The molecule has 5 aromatic heterocycles. The predicted octanol–water partition coefficient (Wildman–Crippen LogP) is 35.4. The molecule has 138 heavy (non-hydrogen) atoms. The second-order valence-corrected chi connectivity index (χ2v) is 36.9. The second kappa shape index (κ2) is 32.1. The minimum absolute atomic E-state index is 0.0855. The van der Waals surface area contributed by atoms with E-state index < -0.39 is 0 Å². The summed E-state index contributed by atoms with van der Waals surface area (Å²) < 4.78 is 12.4. The van der Waals surface area contributed by atoms with Gasteiger partial charge in [-0.2, -0.15) is 0 Å².